The standard InChI is InChI=1S/C44H72N/c1-3-5-7-9-11-13-15-17-19-21-23-25-33-39-45(41-43-35-29-27-30-36-43,42-44-37-31-28-32-38-44)40-34-26-24-22-20-18-16-14-12-10-8-6-4-2/h27-40H,3-26,41-42H2,1-2H3/q+1/b39-33-,40-34+. The van der Waals surface area contributed by atoms with Gasteiger partial charge < -0.3 is 0 Å². The second-order valence-corrected chi connectivity index (χ2v) is 13.8. The van der Waals surface area contributed by atoms with Gasteiger partial charge in [0.25, 0.3) is 0 Å². The summed E-state index contributed by atoms with van der Waals surface area (Å²) in [6.07, 6.45) is 43.3. The van der Waals surface area contributed by atoms with Crippen LogP contribution in [0.1, 0.15) is 179 Å². The molecule has 0 atom stereocenters. The van der Waals surface area contributed by atoms with E-state index in [0.717, 1.165) is 17.6 Å². The van der Waals surface area contributed by atoms with Gasteiger partial charge in [-0.25, -0.2) is 0 Å². The van der Waals surface area contributed by atoms with Crippen LogP contribution in [-0.4, -0.2) is 4.48 Å². The van der Waals surface area contributed by atoms with Gasteiger partial charge in [-0.3, -0.25) is 4.48 Å². The fourth-order valence-electron chi connectivity index (χ4n) is 6.58. The zero-order valence-electron chi connectivity index (χ0n) is 29.9. The van der Waals surface area contributed by atoms with Gasteiger partial charge in [-0.1, -0.05) is 203 Å². The van der Waals surface area contributed by atoms with Gasteiger partial charge in [0, 0.05) is 11.1 Å². The van der Waals surface area contributed by atoms with Crippen LogP contribution in [0.2, 0.25) is 0 Å². The molecule has 0 N–H and O–H groups in total. The Morgan fingerprint density at radius 2 is 0.667 bits per heavy atom. The normalized spacial score (nSPS) is 12.1. The number of rotatable bonds is 30. The van der Waals surface area contributed by atoms with Crippen molar-refractivity contribution in [3.05, 3.63) is 96.3 Å². The fraction of sp³-hybridized carbons (Fsp3) is 0.636. The zero-order chi connectivity index (χ0) is 31.9. The van der Waals surface area contributed by atoms with E-state index in [1.54, 1.807) is 0 Å². The Hall–Kier alpha value is -2.12. The van der Waals surface area contributed by atoms with Gasteiger partial charge in [0.05, 0.1) is 12.4 Å². The van der Waals surface area contributed by atoms with Crippen molar-refractivity contribution in [2.24, 2.45) is 0 Å². The molecule has 0 unspecified atom stereocenters. The molecule has 2 aromatic rings. The first kappa shape index (κ1) is 39.1. The number of allylic oxidation sites excluding steroid dienone is 2. The lowest BCUT2D eigenvalue weighted by atomic mass is 10.0. The van der Waals surface area contributed by atoms with Gasteiger partial charge in [-0.05, 0) is 37.8 Å². The van der Waals surface area contributed by atoms with E-state index in [9.17, 15) is 0 Å². The molecule has 1 nitrogen and oxygen atoms in total. The summed E-state index contributed by atoms with van der Waals surface area (Å²) >= 11 is 0. The zero-order valence-corrected chi connectivity index (χ0v) is 29.9. The molecule has 0 aromatic heterocycles. The molecular weight excluding hydrogens is 542 g/mol. The molecule has 0 fully saturated rings. The molecule has 0 aliphatic heterocycles. The van der Waals surface area contributed by atoms with E-state index in [-0.39, 0.29) is 0 Å². The van der Waals surface area contributed by atoms with Gasteiger partial charge >= 0.3 is 0 Å². The first-order chi connectivity index (χ1) is 22.3. The number of benzene rings is 2. The van der Waals surface area contributed by atoms with Crippen LogP contribution in [0.5, 0.6) is 0 Å². The van der Waals surface area contributed by atoms with Gasteiger partial charge in [0.15, 0.2) is 0 Å². The quantitative estimate of drug-likeness (QED) is 0.0606. The molecule has 0 amide bonds. The average molecular weight is 615 g/mol. The minimum atomic E-state index is 0.865. The van der Waals surface area contributed by atoms with Crippen molar-refractivity contribution in [3.63, 3.8) is 0 Å². The van der Waals surface area contributed by atoms with E-state index in [4.69, 9.17) is 0 Å². The summed E-state index contributed by atoms with van der Waals surface area (Å²) in [6, 6.07) is 22.2. The highest BCUT2D eigenvalue weighted by Crippen LogP contribution is 2.24. The van der Waals surface area contributed by atoms with Crippen molar-refractivity contribution in [1.29, 1.82) is 0 Å². The molecule has 0 saturated carbocycles. The van der Waals surface area contributed by atoms with Crippen LogP contribution in [0.15, 0.2) is 85.2 Å². The van der Waals surface area contributed by atoms with Crippen molar-refractivity contribution in [1.82, 2.24) is 0 Å². The van der Waals surface area contributed by atoms with Crippen LogP contribution in [0.25, 0.3) is 0 Å². The summed E-state index contributed by atoms with van der Waals surface area (Å²) in [5.74, 6) is 0. The molecule has 2 rings (SSSR count). The van der Waals surface area contributed by atoms with Gasteiger partial charge in [0.1, 0.15) is 13.1 Å². The van der Waals surface area contributed by atoms with Gasteiger partial charge in [-0.15, -0.1) is 0 Å². The largest absolute Gasteiger partial charge is 0.264 e. The van der Waals surface area contributed by atoms with Crippen LogP contribution < -0.4 is 0 Å². The lowest BCUT2D eigenvalue weighted by molar-refractivity contribution is -0.856. The second kappa shape index (κ2) is 28.1. The van der Waals surface area contributed by atoms with E-state index >= 15 is 0 Å². The number of quaternary nitrogens is 1. The first-order valence-electron chi connectivity index (χ1n) is 19.6. The van der Waals surface area contributed by atoms with E-state index in [2.05, 4.69) is 99.1 Å². The van der Waals surface area contributed by atoms with Crippen molar-refractivity contribution >= 4 is 0 Å². The van der Waals surface area contributed by atoms with Gasteiger partial charge in [0.2, 0.25) is 0 Å². The van der Waals surface area contributed by atoms with Crippen molar-refractivity contribution in [2.75, 3.05) is 0 Å². The molecule has 45 heavy (non-hydrogen) atoms. The molecule has 2 aromatic carbocycles. The molecule has 0 aliphatic rings. The Kier molecular flexibility index (Phi) is 24.4. The third-order valence-corrected chi connectivity index (χ3v) is 9.39. The molecule has 1 heteroatoms. The van der Waals surface area contributed by atoms with Crippen molar-refractivity contribution in [2.45, 2.75) is 181 Å². The number of hydrogen-bond donors (Lipinski definition) is 0. The van der Waals surface area contributed by atoms with Crippen LogP contribution in [0.4, 0.5) is 0 Å². The molecule has 0 heterocycles. The third kappa shape index (κ3) is 21.3. The van der Waals surface area contributed by atoms with Crippen LogP contribution in [-0.2, 0) is 13.1 Å². The maximum absolute atomic E-state index is 2.52. The lowest BCUT2D eigenvalue weighted by Crippen LogP contribution is -2.35. The summed E-state index contributed by atoms with van der Waals surface area (Å²) in [6.45, 7) is 6.61. The molecule has 0 spiro atoms. The first-order valence-corrected chi connectivity index (χ1v) is 19.6. The molecular formula is C44H72N+. The number of hydrogen-bond acceptors (Lipinski definition) is 0. The summed E-state index contributed by atoms with van der Waals surface area (Å²) < 4.78 is 0.865. The molecule has 0 aliphatic carbocycles. The Labute approximate surface area is 281 Å². The summed E-state index contributed by atoms with van der Waals surface area (Å²) in [4.78, 5) is 0. The highest BCUT2D eigenvalue weighted by atomic mass is 15.3. The maximum Gasteiger partial charge on any atom is 0.113 e. The Morgan fingerprint density at radius 3 is 0.978 bits per heavy atom. The fourth-order valence-corrected chi connectivity index (χ4v) is 6.58. The van der Waals surface area contributed by atoms with Crippen LogP contribution in [0.3, 0.4) is 0 Å². The maximum atomic E-state index is 2.52. The second-order valence-electron chi connectivity index (χ2n) is 13.8. The predicted octanol–water partition coefficient (Wildman–Crippen LogP) is 14.6. The minimum absolute atomic E-state index is 0.865. The summed E-state index contributed by atoms with van der Waals surface area (Å²) in [5.41, 5.74) is 2.82. The lowest BCUT2D eigenvalue weighted by Gasteiger charge is -2.31. The minimum Gasteiger partial charge on any atom is -0.264 e. The Bertz CT molecular complexity index is 864. The smallest absolute Gasteiger partial charge is 0.113 e. The molecule has 0 bridgehead atoms. The van der Waals surface area contributed by atoms with Gasteiger partial charge in [-0.2, -0.15) is 0 Å². The predicted molar refractivity (Wildman–Crippen MR) is 201 cm³/mol. The summed E-state index contributed by atoms with van der Waals surface area (Å²) in [7, 11) is 0. The summed E-state index contributed by atoms with van der Waals surface area (Å²) in [5, 5.41) is 0. The highest BCUT2D eigenvalue weighted by Gasteiger charge is 2.23. The third-order valence-electron chi connectivity index (χ3n) is 9.39. The average Bonchev–Trinajstić information content (AvgIpc) is 3.06. The van der Waals surface area contributed by atoms with E-state index in [1.807, 2.05) is 0 Å². The molecule has 0 saturated heterocycles. The van der Waals surface area contributed by atoms with Crippen LogP contribution in [0, 0.1) is 0 Å². The topological polar surface area (TPSA) is 0 Å². The van der Waals surface area contributed by atoms with E-state index in [1.165, 1.54) is 165 Å². The molecule has 0 radical (unpaired) electrons. The number of nitrogens with zero attached hydrogens (tertiary/aromatic N) is 1. The molecule has 252 valence electrons. The monoisotopic (exact) mass is 615 g/mol. The van der Waals surface area contributed by atoms with Crippen molar-refractivity contribution in [3.8, 4) is 0 Å². The van der Waals surface area contributed by atoms with Crippen LogP contribution >= 0.6 is 0 Å². The van der Waals surface area contributed by atoms with Crippen molar-refractivity contribution < 1.29 is 4.48 Å². The van der Waals surface area contributed by atoms with E-state index in [0.29, 0.717) is 0 Å². The number of unbranched alkanes of at least 4 members (excludes halogenated alkanes) is 22. The SMILES string of the molecule is CCCCCCCCCCCCC/C=C\[N+](/C=C/CCCCCCCCCCCCC)(Cc1ccccc1)Cc1ccccc1. The van der Waals surface area contributed by atoms with E-state index < -0.39 is 0 Å². The Morgan fingerprint density at radius 1 is 0.378 bits per heavy atom. The highest BCUT2D eigenvalue weighted by molar-refractivity contribution is 5.16. The Balaban J connectivity index is 1.86.